The van der Waals surface area contributed by atoms with Gasteiger partial charge in [-0.05, 0) is 61.6 Å². The zero-order chi connectivity index (χ0) is 24.9. The summed E-state index contributed by atoms with van der Waals surface area (Å²) < 4.78 is 7.60. The van der Waals surface area contributed by atoms with Gasteiger partial charge in [-0.2, -0.15) is 0 Å². The van der Waals surface area contributed by atoms with Gasteiger partial charge in [0.2, 0.25) is 0 Å². The number of rotatable bonds is 6. The molecule has 8 heteroatoms. The third-order valence-corrected chi connectivity index (χ3v) is 8.01. The summed E-state index contributed by atoms with van der Waals surface area (Å²) in [5, 5.41) is 8.31. The third-order valence-electron chi connectivity index (χ3n) is 8.01. The summed E-state index contributed by atoms with van der Waals surface area (Å²) in [4.78, 5) is 22.8. The van der Waals surface area contributed by atoms with E-state index in [-0.39, 0.29) is 11.3 Å². The highest BCUT2D eigenvalue weighted by atomic mass is 16.5. The van der Waals surface area contributed by atoms with Crippen LogP contribution in [0.25, 0.3) is 0 Å². The Morgan fingerprint density at radius 3 is 2.78 bits per heavy atom. The highest BCUT2D eigenvalue weighted by Gasteiger charge is 2.43. The Hall–Kier alpha value is -3.10. The lowest BCUT2D eigenvalue weighted by Crippen LogP contribution is -2.49. The molecule has 0 radical (unpaired) electrons. The molecule has 1 amide bonds. The molecular weight excluding hydrogens is 452 g/mol. The van der Waals surface area contributed by atoms with Gasteiger partial charge in [-0.25, -0.2) is 0 Å². The van der Waals surface area contributed by atoms with E-state index in [9.17, 15) is 4.79 Å². The van der Waals surface area contributed by atoms with Gasteiger partial charge in [-0.1, -0.05) is 19.1 Å². The van der Waals surface area contributed by atoms with Crippen molar-refractivity contribution < 1.29 is 9.53 Å². The van der Waals surface area contributed by atoms with E-state index >= 15 is 0 Å². The lowest BCUT2D eigenvalue weighted by molar-refractivity contribution is -0.0611. The zero-order valence-electron chi connectivity index (χ0n) is 21.4. The first-order chi connectivity index (χ1) is 17.4. The van der Waals surface area contributed by atoms with Crippen molar-refractivity contribution in [3.05, 3.63) is 70.6 Å². The summed E-state index contributed by atoms with van der Waals surface area (Å²) >= 11 is 0. The van der Waals surface area contributed by atoms with Crippen LogP contribution in [0.4, 0.5) is 5.69 Å². The highest BCUT2D eigenvalue weighted by molar-refractivity contribution is 6.10. The number of hydrogen-bond acceptors (Lipinski definition) is 6. The molecule has 188 valence electrons. The number of aromatic nitrogens is 4. The molecular formula is C28H34N6O2. The van der Waals surface area contributed by atoms with Crippen molar-refractivity contribution in [1.82, 2.24) is 24.6 Å². The Kier molecular flexibility index (Phi) is 5.88. The molecule has 0 unspecified atom stereocenters. The summed E-state index contributed by atoms with van der Waals surface area (Å²) in [6.45, 7) is 9.24. The summed E-state index contributed by atoms with van der Waals surface area (Å²) in [5.41, 5.74) is 5.75. The van der Waals surface area contributed by atoms with E-state index in [1.807, 2.05) is 29.5 Å². The maximum Gasteiger partial charge on any atom is 0.258 e. The topological polar surface area (TPSA) is 76.4 Å². The zero-order valence-corrected chi connectivity index (χ0v) is 21.4. The van der Waals surface area contributed by atoms with Gasteiger partial charge in [0.05, 0.1) is 25.5 Å². The molecule has 2 fully saturated rings. The van der Waals surface area contributed by atoms with E-state index in [0.717, 1.165) is 71.6 Å². The highest BCUT2D eigenvalue weighted by Crippen LogP contribution is 2.38. The molecule has 1 aromatic carbocycles. The SMILES string of the molecule is Cc1cc(N2Cc3ccc(C4(Cc5nncn5C)COC4)cc3C2=O)cc(CN2CCC[C@H](C)C2)n1. The van der Waals surface area contributed by atoms with E-state index in [0.29, 0.717) is 19.8 Å². The minimum Gasteiger partial charge on any atom is -0.379 e. The number of aryl methyl sites for hydroxylation is 2. The average molecular weight is 487 g/mol. The quantitative estimate of drug-likeness (QED) is 0.532. The normalized spacial score (nSPS) is 21.5. The number of benzene rings is 1. The number of piperidine rings is 1. The van der Waals surface area contributed by atoms with Crippen molar-refractivity contribution in [2.75, 3.05) is 31.2 Å². The Balaban J connectivity index is 1.24. The number of carbonyl (C=O) groups is 1. The number of amides is 1. The molecule has 36 heavy (non-hydrogen) atoms. The van der Waals surface area contributed by atoms with Crippen LogP contribution in [0.2, 0.25) is 0 Å². The number of hydrogen-bond donors (Lipinski definition) is 0. The molecule has 5 heterocycles. The van der Waals surface area contributed by atoms with E-state index in [2.05, 4.69) is 46.3 Å². The fraction of sp³-hybridized carbons (Fsp3) is 0.500. The predicted molar refractivity (Wildman–Crippen MR) is 137 cm³/mol. The molecule has 8 nitrogen and oxygen atoms in total. The third kappa shape index (κ3) is 4.22. The first kappa shape index (κ1) is 23.3. The van der Waals surface area contributed by atoms with Gasteiger partial charge in [0, 0.05) is 48.9 Å². The van der Waals surface area contributed by atoms with Crippen LogP contribution in [0.1, 0.15) is 58.5 Å². The summed E-state index contributed by atoms with van der Waals surface area (Å²) in [7, 11) is 1.96. The second-order valence-electron chi connectivity index (χ2n) is 11.0. The van der Waals surface area contributed by atoms with Crippen molar-refractivity contribution in [3.63, 3.8) is 0 Å². The molecule has 0 bridgehead atoms. The lowest BCUT2D eigenvalue weighted by Gasteiger charge is -2.41. The van der Waals surface area contributed by atoms with Crippen LogP contribution in [0.3, 0.4) is 0 Å². The van der Waals surface area contributed by atoms with Gasteiger partial charge in [-0.15, -0.1) is 10.2 Å². The fourth-order valence-electron chi connectivity index (χ4n) is 5.94. The van der Waals surface area contributed by atoms with Crippen molar-refractivity contribution in [2.45, 2.75) is 51.6 Å². The molecule has 0 saturated carbocycles. The first-order valence-electron chi connectivity index (χ1n) is 13.0. The van der Waals surface area contributed by atoms with E-state index < -0.39 is 0 Å². The maximum atomic E-state index is 13.6. The van der Waals surface area contributed by atoms with Gasteiger partial charge in [0.15, 0.2) is 0 Å². The Morgan fingerprint density at radius 1 is 1.19 bits per heavy atom. The molecule has 6 rings (SSSR count). The molecule has 2 saturated heterocycles. The molecule has 2 aromatic heterocycles. The van der Waals surface area contributed by atoms with Crippen molar-refractivity contribution >= 4 is 11.6 Å². The van der Waals surface area contributed by atoms with Crippen LogP contribution in [0, 0.1) is 12.8 Å². The largest absolute Gasteiger partial charge is 0.379 e. The number of ether oxygens (including phenoxy) is 1. The fourth-order valence-corrected chi connectivity index (χ4v) is 5.94. The predicted octanol–water partition coefficient (Wildman–Crippen LogP) is 3.42. The maximum absolute atomic E-state index is 13.6. The number of nitrogens with zero attached hydrogens (tertiary/aromatic N) is 6. The molecule has 0 aliphatic carbocycles. The van der Waals surface area contributed by atoms with Gasteiger partial charge in [0.1, 0.15) is 12.2 Å². The van der Waals surface area contributed by atoms with Crippen LogP contribution in [-0.2, 0) is 36.7 Å². The summed E-state index contributed by atoms with van der Waals surface area (Å²) in [6, 6.07) is 10.5. The Labute approximate surface area is 212 Å². The number of anilines is 1. The van der Waals surface area contributed by atoms with Crippen LogP contribution in [0.5, 0.6) is 0 Å². The number of likely N-dealkylation sites (tertiary alicyclic amines) is 1. The molecule has 3 aromatic rings. The van der Waals surface area contributed by atoms with E-state index in [1.54, 1.807) is 6.33 Å². The minimum absolute atomic E-state index is 0.0593. The van der Waals surface area contributed by atoms with E-state index in [4.69, 9.17) is 9.72 Å². The number of fused-ring (bicyclic) bond motifs is 1. The smallest absolute Gasteiger partial charge is 0.258 e. The van der Waals surface area contributed by atoms with Gasteiger partial charge >= 0.3 is 0 Å². The monoisotopic (exact) mass is 486 g/mol. The summed E-state index contributed by atoms with van der Waals surface area (Å²) in [5.74, 6) is 1.71. The van der Waals surface area contributed by atoms with Crippen molar-refractivity contribution in [2.24, 2.45) is 13.0 Å². The van der Waals surface area contributed by atoms with Crippen LogP contribution in [0.15, 0.2) is 36.7 Å². The van der Waals surface area contributed by atoms with Gasteiger partial charge in [-0.3, -0.25) is 14.7 Å². The second kappa shape index (κ2) is 9.09. The standard InChI is InChI=1S/C28H34N6O2/c1-19-5-4-8-33(13-19)15-23-11-24(9-20(2)30-23)34-14-21-6-7-22(10-25(21)27(34)35)28(16-36-17-28)12-26-31-29-18-32(26)3/h6-7,9-11,18-19H,4-5,8,12-17H2,1-3H3/t19-/m0/s1. The molecule has 1 atom stereocenters. The van der Waals surface area contributed by atoms with Crippen molar-refractivity contribution in [3.8, 4) is 0 Å². The number of carbonyl (C=O) groups excluding carboxylic acids is 1. The average Bonchev–Trinajstić information content (AvgIpc) is 3.38. The first-order valence-corrected chi connectivity index (χ1v) is 13.0. The number of pyridine rings is 1. The van der Waals surface area contributed by atoms with Crippen LogP contribution >= 0.6 is 0 Å². The molecule has 0 spiro atoms. The summed E-state index contributed by atoms with van der Waals surface area (Å²) in [6.07, 6.45) is 5.01. The van der Waals surface area contributed by atoms with Gasteiger partial charge < -0.3 is 14.2 Å². The lowest BCUT2D eigenvalue weighted by atomic mass is 9.75. The van der Waals surface area contributed by atoms with Crippen LogP contribution in [-0.4, -0.2) is 56.9 Å². The Morgan fingerprint density at radius 2 is 2.06 bits per heavy atom. The van der Waals surface area contributed by atoms with Crippen LogP contribution < -0.4 is 4.90 Å². The Bertz CT molecular complexity index is 1300. The molecule has 3 aliphatic heterocycles. The van der Waals surface area contributed by atoms with Gasteiger partial charge in [0.25, 0.3) is 5.91 Å². The van der Waals surface area contributed by atoms with Crippen molar-refractivity contribution in [1.29, 1.82) is 0 Å². The minimum atomic E-state index is -0.171. The van der Waals surface area contributed by atoms with E-state index in [1.165, 1.54) is 12.8 Å². The molecule has 3 aliphatic rings. The second-order valence-corrected chi connectivity index (χ2v) is 11.0. The molecule has 0 N–H and O–H groups in total.